The Balaban J connectivity index is 1.68. The number of hydrogen-bond donors (Lipinski definition) is 1. The van der Waals surface area contributed by atoms with Gasteiger partial charge in [0.25, 0.3) is 5.56 Å². The minimum atomic E-state index is -4.76. The number of hydrogen-bond acceptors (Lipinski definition) is 5. The van der Waals surface area contributed by atoms with Crippen molar-refractivity contribution in [2.24, 2.45) is 0 Å². The van der Waals surface area contributed by atoms with Crippen LogP contribution in [0.5, 0.6) is 0 Å². The van der Waals surface area contributed by atoms with Crippen LogP contribution >= 0.6 is 0 Å². The number of nitrogens with one attached hydrogen (secondary N) is 1. The lowest BCUT2D eigenvalue weighted by Crippen LogP contribution is -2.39. The van der Waals surface area contributed by atoms with Gasteiger partial charge in [-0.3, -0.25) is 14.0 Å². The average molecular weight is 450 g/mol. The monoisotopic (exact) mass is 450 g/mol. The zero-order valence-corrected chi connectivity index (χ0v) is 17.4. The predicted octanol–water partition coefficient (Wildman–Crippen LogP) is 3.76. The molecule has 0 atom stereocenters. The highest BCUT2D eigenvalue weighted by atomic mass is 19.4. The molecule has 1 fully saturated rings. The van der Waals surface area contributed by atoms with Crippen molar-refractivity contribution in [1.82, 2.24) is 24.3 Å². The molecule has 32 heavy (non-hydrogen) atoms. The molecular formula is C21H22F4N6O. The quantitative estimate of drug-likeness (QED) is 0.555. The summed E-state index contributed by atoms with van der Waals surface area (Å²) in [5, 5.41) is 6.80. The Kier molecular flexibility index (Phi) is 5.74. The van der Waals surface area contributed by atoms with Crippen molar-refractivity contribution < 1.29 is 17.6 Å². The summed E-state index contributed by atoms with van der Waals surface area (Å²) in [6.07, 6.45) is 1.68. The molecule has 0 spiro atoms. The van der Waals surface area contributed by atoms with Gasteiger partial charge in [-0.05, 0) is 37.8 Å². The summed E-state index contributed by atoms with van der Waals surface area (Å²) in [5.41, 5.74) is -2.06. The van der Waals surface area contributed by atoms with Crippen LogP contribution in [0.15, 0.2) is 41.6 Å². The van der Waals surface area contributed by atoms with Crippen LogP contribution in [0.25, 0.3) is 5.95 Å². The molecule has 4 rings (SSSR count). The number of alkyl halides is 4. The molecule has 170 valence electrons. The van der Waals surface area contributed by atoms with Crippen molar-refractivity contribution in [3.05, 3.63) is 64.0 Å². The van der Waals surface area contributed by atoms with Gasteiger partial charge in [-0.15, -0.1) is 0 Å². The van der Waals surface area contributed by atoms with E-state index in [0.29, 0.717) is 24.9 Å². The van der Waals surface area contributed by atoms with E-state index in [1.807, 2.05) is 6.92 Å². The fraction of sp³-hybridized carbons (Fsp3) is 0.429. The Labute approximate surface area is 181 Å². The third-order valence-corrected chi connectivity index (χ3v) is 5.49. The molecule has 7 nitrogen and oxygen atoms in total. The number of halogens is 4. The smallest absolute Gasteiger partial charge is 0.367 e. The number of pyridine rings is 1. The lowest BCUT2D eigenvalue weighted by molar-refractivity contribution is -0.141. The molecular weight excluding hydrogens is 428 g/mol. The van der Waals surface area contributed by atoms with Crippen molar-refractivity contribution in [3.63, 3.8) is 0 Å². The van der Waals surface area contributed by atoms with Gasteiger partial charge in [-0.1, -0.05) is 6.07 Å². The average Bonchev–Trinajstić information content (AvgIpc) is 3.19. The predicted molar refractivity (Wildman–Crippen MR) is 110 cm³/mol. The summed E-state index contributed by atoms with van der Waals surface area (Å²) in [7, 11) is 0. The maximum Gasteiger partial charge on any atom is 0.433 e. The van der Waals surface area contributed by atoms with Gasteiger partial charge in [0.15, 0.2) is 5.69 Å². The van der Waals surface area contributed by atoms with Gasteiger partial charge in [0, 0.05) is 37.0 Å². The number of rotatable bonds is 7. The fourth-order valence-corrected chi connectivity index (χ4v) is 3.49. The SMILES string of the molecule is CCn1cc(Cc2cccn(-c3nc(NCC4(F)CCC4)cc(C(F)(F)F)n3)c2=O)cn1. The molecule has 0 radical (unpaired) electrons. The van der Waals surface area contributed by atoms with Crippen LogP contribution in [0, 0.1) is 0 Å². The highest BCUT2D eigenvalue weighted by Gasteiger charge is 2.37. The van der Waals surface area contributed by atoms with Gasteiger partial charge in [0.1, 0.15) is 11.5 Å². The molecule has 3 aromatic rings. The van der Waals surface area contributed by atoms with Gasteiger partial charge >= 0.3 is 6.18 Å². The van der Waals surface area contributed by atoms with Gasteiger partial charge < -0.3 is 5.32 Å². The van der Waals surface area contributed by atoms with E-state index >= 15 is 0 Å². The third kappa shape index (κ3) is 4.66. The minimum Gasteiger partial charge on any atom is -0.367 e. The number of anilines is 1. The molecule has 0 bridgehead atoms. The molecule has 3 heterocycles. The zero-order valence-electron chi connectivity index (χ0n) is 17.4. The van der Waals surface area contributed by atoms with Crippen molar-refractivity contribution in [3.8, 4) is 5.95 Å². The summed E-state index contributed by atoms with van der Waals surface area (Å²) in [6.45, 7) is 2.45. The Bertz CT molecular complexity index is 1170. The highest BCUT2D eigenvalue weighted by Crippen LogP contribution is 2.36. The van der Waals surface area contributed by atoms with Crippen LogP contribution in [0.3, 0.4) is 0 Å². The standard InChI is InChI=1S/C21H22F4N6O/c1-2-30-12-14(11-27-30)9-15-5-3-8-31(18(15)32)19-28-16(21(23,24)25)10-17(29-19)26-13-20(22)6-4-7-20/h3,5,8,10-12H,2,4,6-7,9,13H2,1H3,(H,26,28,29). The van der Waals surface area contributed by atoms with Crippen molar-refractivity contribution >= 4 is 5.82 Å². The first kappa shape index (κ1) is 22.0. The summed E-state index contributed by atoms with van der Waals surface area (Å²) in [4.78, 5) is 20.6. The van der Waals surface area contributed by atoms with E-state index in [0.717, 1.165) is 22.6 Å². The summed E-state index contributed by atoms with van der Waals surface area (Å²) in [5.74, 6) is -0.618. The van der Waals surface area contributed by atoms with Crippen molar-refractivity contribution in [2.75, 3.05) is 11.9 Å². The minimum absolute atomic E-state index is 0.156. The maximum atomic E-state index is 14.3. The maximum absolute atomic E-state index is 14.3. The molecule has 0 aromatic carbocycles. The number of aryl methyl sites for hydroxylation is 1. The van der Waals surface area contributed by atoms with Crippen molar-refractivity contribution in [2.45, 2.75) is 51.0 Å². The van der Waals surface area contributed by atoms with Crippen LogP contribution in [-0.2, 0) is 19.1 Å². The molecule has 1 saturated carbocycles. The molecule has 11 heteroatoms. The van der Waals surface area contributed by atoms with Gasteiger partial charge in [0.05, 0.1) is 12.7 Å². The molecule has 0 aliphatic heterocycles. The van der Waals surface area contributed by atoms with Crippen LogP contribution in [0.4, 0.5) is 23.4 Å². The third-order valence-electron chi connectivity index (χ3n) is 5.49. The molecule has 0 unspecified atom stereocenters. The first-order chi connectivity index (χ1) is 15.2. The number of aromatic nitrogens is 5. The summed E-state index contributed by atoms with van der Waals surface area (Å²) in [6, 6.07) is 3.86. The van der Waals surface area contributed by atoms with Gasteiger partial charge in [-0.25, -0.2) is 9.37 Å². The lowest BCUT2D eigenvalue weighted by Gasteiger charge is -2.33. The van der Waals surface area contributed by atoms with E-state index in [4.69, 9.17) is 0 Å². The Morgan fingerprint density at radius 3 is 2.66 bits per heavy atom. The highest BCUT2D eigenvalue weighted by molar-refractivity contribution is 5.41. The molecule has 1 aliphatic carbocycles. The van der Waals surface area contributed by atoms with Gasteiger partial charge in [-0.2, -0.15) is 23.3 Å². The van der Waals surface area contributed by atoms with E-state index in [1.54, 1.807) is 29.2 Å². The van der Waals surface area contributed by atoms with Crippen LogP contribution in [0.2, 0.25) is 0 Å². The number of nitrogens with zero attached hydrogens (tertiary/aromatic N) is 5. The lowest BCUT2D eigenvalue weighted by atomic mass is 9.82. The fourth-order valence-electron chi connectivity index (χ4n) is 3.49. The molecule has 0 amide bonds. The first-order valence-electron chi connectivity index (χ1n) is 10.3. The van der Waals surface area contributed by atoms with Crippen LogP contribution < -0.4 is 10.9 Å². The Hall–Kier alpha value is -3.24. The van der Waals surface area contributed by atoms with E-state index < -0.39 is 29.0 Å². The topological polar surface area (TPSA) is 77.6 Å². The van der Waals surface area contributed by atoms with Gasteiger partial charge in [0.2, 0.25) is 5.95 Å². The molecule has 1 aliphatic rings. The largest absolute Gasteiger partial charge is 0.433 e. The second-order valence-corrected chi connectivity index (χ2v) is 7.88. The van der Waals surface area contributed by atoms with Crippen LogP contribution in [-0.4, -0.2) is 36.5 Å². The zero-order chi connectivity index (χ0) is 22.9. The molecule has 0 saturated heterocycles. The van der Waals surface area contributed by atoms with E-state index in [2.05, 4.69) is 20.4 Å². The van der Waals surface area contributed by atoms with Crippen molar-refractivity contribution in [1.29, 1.82) is 0 Å². The second-order valence-electron chi connectivity index (χ2n) is 7.88. The molecule has 3 aromatic heterocycles. The molecule has 1 N–H and O–H groups in total. The summed E-state index contributed by atoms with van der Waals surface area (Å²) >= 11 is 0. The Morgan fingerprint density at radius 1 is 1.25 bits per heavy atom. The first-order valence-corrected chi connectivity index (χ1v) is 10.3. The second kappa shape index (κ2) is 8.36. The van der Waals surface area contributed by atoms with E-state index in [-0.39, 0.29) is 18.8 Å². The van der Waals surface area contributed by atoms with Crippen LogP contribution in [0.1, 0.15) is 43.0 Å². The van der Waals surface area contributed by atoms with E-state index in [9.17, 15) is 22.4 Å². The van der Waals surface area contributed by atoms with E-state index in [1.165, 1.54) is 6.20 Å². The normalized spacial score (nSPS) is 15.4. The summed E-state index contributed by atoms with van der Waals surface area (Å²) < 4.78 is 57.3. The Morgan fingerprint density at radius 2 is 2.03 bits per heavy atom.